The number of hydrogen-bond donors (Lipinski definition) is 1. The molecule has 2 aromatic rings. The molecule has 20 heavy (non-hydrogen) atoms. The minimum absolute atomic E-state index is 0.206. The number of aromatic nitrogens is 2. The van der Waals surface area contributed by atoms with E-state index < -0.39 is 6.04 Å². The van der Waals surface area contributed by atoms with Crippen molar-refractivity contribution in [3.05, 3.63) is 53.6 Å². The van der Waals surface area contributed by atoms with Gasteiger partial charge in [-0.1, -0.05) is 12.1 Å². The van der Waals surface area contributed by atoms with Crippen LogP contribution >= 0.6 is 0 Å². The fourth-order valence-corrected chi connectivity index (χ4v) is 1.92. The quantitative estimate of drug-likeness (QED) is 0.913. The molecular formula is C14H17FN4O. The van der Waals surface area contributed by atoms with Crippen molar-refractivity contribution in [3.63, 3.8) is 0 Å². The number of hydrogen-bond acceptors (Lipinski definition) is 3. The maximum Gasteiger partial charge on any atom is 0.244 e. The predicted molar refractivity (Wildman–Crippen MR) is 73.0 cm³/mol. The van der Waals surface area contributed by atoms with Gasteiger partial charge in [0.15, 0.2) is 0 Å². The van der Waals surface area contributed by atoms with E-state index in [1.54, 1.807) is 43.3 Å². The molecule has 2 N–H and O–H groups in total. The van der Waals surface area contributed by atoms with Gasteiger partial charge in [-0.15, -0.1) is 0 Å². The van der Waals surface area contributed by atoms with Crippen LogP contribution in [0, 0.1) is 5.82 Å². The van der Waals surface area contributed by atoms with Crippen molar-refractivity contribution in [2.75, 3.05) is 7.05 Å². The Bertz CT molecular complexity index is 593. The van der Waals surface area contributed by atoms with E-state index in [0.29, 0.717) is 12.1 Å². The summed E-state index contributed by atoms with van der Waals surface area (Å²) < 4.78 is 14.4. The smallest absolute Gasteiger partial charge is 0.244 e. The third-order valence-electron chi connectivity index (χ3n) is 3.06. The summed E-state index contributed by atoms with van der Waals surface area (Å²) in [6.45, 7) is 0.382. The van der Waals surface area contributed by atoms with Crippen molar-refractivity contribution in [1.82, 2.24) is 14.7 Å². The Hall–Kier alpha value is -2.21. The second-order valence-electron chi connectivity index (χ2n) is 4.75. The van der Waals surface area contributed by atoms with Crippen LogP contribution in [0.15, 0.2) is 36.7 Å². The first-order valence-corrected chi connectivity index (χ1v) is 6.21. The van der Waals surface area contributed by atoms with Gasteiger partial charge in [-0.2, -0.15) is 5.10 Å². The van der Waals surface area contributed by atoms with Crippen molar-refractivity contribution < 1.29 is 9.18 Å². The number of halogens is 1. The Morgan fingerprint density at radius 2 is 2.10 bits per heavy atom. The Labute approximate surface area is 116 Å². The molecule has 0 radical (unpaired) electrons. The Balaban J connectivity index is 2.03. The van der Waals surface area contributed by atoms with E-state index >= 15 is 0 Å². The van der Waals surface area contributed by atoms with Crippen LogP contribution in [-0.4, -0.2) is 27.6 Å². The monoisotopic (exact) mass is 276 g/mol. The van der Waals surface area contributed by atoms with Gasteiger partial charge in [0, 0.05) is 32.4 Å². The first-order chi connectivity index (χ1) is 9.47. The highest BCUT2D eigenvalue weighted by atomic mass is 19.1. The first kappa shape index (κ1) is 14.2. The third kappa shape index (κ3) is 3.21. The molecule has 0 saturated heterocycles. The minimum atomic E-state index is -0.742. The summed E-state index contributed by atoms with van der Waals surface area (Å²) in [7, 11) is 3.44. The molecular weight excluding hydrogens is 259 g/mol. The molecule has 1 unspecified atom stereocenters. The first-order valence-electron chi connectivity index (χ1n) is 6.21. The predicted octanol–water partition coefficient (Wildman–Crippen LogP) is 1.22. The van der Waals surface area contributed by atoms with E-state index in [-0.39, 0.29) is 11.7 Å². The van der Waals surface area contributed by atoms with E-state index in [2.05, 4.69) is 5.10 Å². The van der Waals surface area contributed by atoms with Crippen molar-refractivity contribution in [1.29, 1.82) is 0 Å². The molecule has 0 aliphatic carbocycles. The lowest BCUT2D eigenvalue weighted by molar-refractivity contribution is -0.131. The molecule has 1 amide bonds. The van der Waals surface area contributed by atoms with Crippen molar-refractivity contribution in [2.45, 2.75) is 12.6 Å². The van der Waals surface area contributed by atoms with Gasteiger partial charge in [0.1, 0.15) is 11.9 Å². The zero-order valence-electron chi connectivity index (χ0n) is 11.5. The van der Waals surface area contributed by atoms with Gasteiger partial charge in [-0.25, -0.2) is 4.39 Å². The molecule has 0 aliphatic heterocycles. The highest BCUT2D eigenvalue weighted by Gasteiger charge is 2.21. The van der Waals surface area contributed by atoms with Gasteiger partial charge >= 0.3 is 0 Å². The zero-order valence-corrected chi connectivity index (χ0v) is 11.5. The molecule has 6 heteroatoms. The molecule has 1 heterocycles. The highest BCUT2D eigenvalue weighted by molar-refractivity contribution is 5.82. The number of carbonyl (C=O) groups excluding carboxylic acids is 1. The van der Waals surface area contributed by atoms with Crippen LogP contribution in [0.4, 0.5) is 4.39 Å². The van der Waals surface area contributed by atoms with Crippen molar-refractivity contribution in [2.24, 2.45) is 12.8 Å². The Morgan fingerprint density at radius 3 is 2.65 bits per heavy atom. The summed E-state index contributed by atoms with van der Waals surface area (Å²) in [5.74, 6) is -0.503. The molecule has 0 fully saturated rings. The second-order valence-corrected chi connectivity index (χ2v) is 4.75. The van der Waals surface area contributed by atoms with Crippen LogP contribution in [-0.2, 0) is 18.4 Å². The van der Waals surface area contributed by atoms with Gasteiger partial charge in [0.05, 0.1) is 6.20 Å². The molecule has 1 aromatic carbocycles. The average molecular weight is 276 g/mol. The summed E-state index contributed by atoms with van der Waals surface area (Å²) >= 11 is 0. The van der Waals surface area contributed by atoms with Gasteiger partial charge in [0.2, 0.25) is 5.91 Å². The molecule has 0 bridgehead atoms. The van der Waals surface area contributed by atoms with E-state index in [4.69, 9.17) is 5.73 Å². The fourth-order valence-electron chi connectivity index (χ4n) is 1.92. The number of carbonyl (C=O) groups is 1. The van der Waals surface area contributed by atoms with Gasteiger partial charge < -0.3 is 10.6 Å². The topological polar surface area (TPSA) is 64.2 Å². The molecule has 1 atom stereocenters. The molecule has 0 saturated carbocycles. The lowest BCUT2D eigenvalue weighted by atomic mass is 10.1. The van der Waals surface area contributed by atoms with Crippen LogP contribution < -0.4 is 5.73 Å². The molecule has 1 aromatic heterocycles. The van der Waals surface area contributed by atoms with Crippen LogP contribution in [0.3, 0.4) is 0 Å². The zero-order chi connectivity index (χ0) is 14.7. The number of nitrogens with zero attached hydrogens (tertiary/aromatic N) is 3. The molecule has 0 spiro atoms. The summed E-state index contributed by atoms with van der Waals surface area (Å²) in [5.41, 5.74) is 7.44. The molecule has 0 aliphatic rings. The molecule has 106 valence electrons. The van der Waals surface area contributed by atoms with Crippen molar-refractivity contribution >= 4 is 5.91 Å². The SMILES string of the molecule is CN(Cc1ccc(F)cc1)C(=O)C(N)c1cnn(C)c1. The standard InChI is InChI=1S/C14H17FN4O/c1-18(8-10-3-5-12(15)6-4-10)14(20)13(16)11-7-17-19(2)9-11/h3-7,9,13H,8,16H2,1-2H3. The minimum Gasteiger partial charge on any atom is -0.340 e. The average Bonchev–Trinajstić information content (AvgIpc) is 2.86. The van der Waals surface area contributed by atoms with Gasteiger partial charge in [-0.3, -0.25) is 9.48 Å². The summed E-state index contributed by atoms with van der Waals surface area (Å²) in [6, 6.07) is 5.29. The van der Waals surface area contributed by atoms with Crippen LogP contribution in [0.1, 0.15) is 17.2 Å². The maximum absolute atomic E-state index is 12.8. The molecule has 5 nitrogen and oxygen atoms in total. The number of aryl methyl sites for hydroxylation is 1. The number of amides is 1. The Morgan fingerprint density at radius 1 is 1.45 bits per heavy atom. The largest absolute Gasteiger partial charge is 0.340 e. The molecule has 2 rings (SSSR count). The van der Waals surface area contributed by atoms with E-state index in [1.807, 2.05) is 0 Å². The summed E-state index contributed by atoms with van der Waals surface area (Å²) in [6.07, 6.45) is 3.29. The third-order valence-corrected chi connectivity index (χ3v) is 3.06. The second kappa shape index (κ2) is 5.83. The highest BCUT2D eigenvalue weighted by Crippen LogP contribution is 2.13. The van der Waals surface area contributed by atoms with E-state index in [9.17, 15) is 9.18 Å². The normalized spacial score (nSPS) is 12.2. The van der Waals surface area contributed by atoms with Crippen LogP contribution in [0.25, 0.3) is 0 Å². The number of benzene rings is 1. The van der Waals surface area contributed by atoms with Crippen LogP contribution in [0.2, 0.25) is 0 Å². The maximum atomic E-state index is 12.8. The summed E-state index contributed by atoms with van der Waals surface area (Å²) in [5, 5.41) is 4.00. The van der Waals surface area contributed by atoms with Crippen molar-refractivity contribution in [3.8, 4) is 0 Å². The van der Waals surface area contributed by atoms with E-state index in [1.165, 1.54) is 17.0 Å². The number of nitrogens with two attached hydrogens (primary N) is 1. The summed E-state index contributed by atoms with van der Waals surface area (Å²) in [4.78, 5) is 13.7. The number of rotatable bonds is 4. The Kier molecular flexibility index (Phi) is 4.14. The lowest BCUT2D eigenvalue weighted by Gasteiger charge is -2.20. The van der Waals surface area contributed by atoms with Gasteiger partial charge in [0.25, 0.3) is 0 Å². The number of likely N-dealkylation sites (N-methyl/N-ethyl adjacent to an activating group) is 1. The van der Waals surface area contributed by atoms with Crippen LogP contribution in [0.5, 0.6) is 0 Å². The fraction of sp³-hybridized carbons (Fsp3) is 0.286. The van der Waals surface area contributed by atoms with E-state index in [0.717, 1.165) is 5.56 Å². The lowest BCUT2D eigenvalue weighted by Crippen LogP contribution is -2.35. The van der Waals surface area contributed by atoms with Gasteiger partial charge in [-0.05, 0) is 17.7 Å².